The smallest absolute Gasteiger partial charge is 0.315 e. The minimum Gasteiger partial charge on any atom is -0.481 e. The molecule has 88 valence electrons. The van der Waals surface area contributed by atoms with Gasteiger partial charge in [-0.25, -0.2) is 0 Å². The van der Waals surface area contributed by atoms with Crippen LogP contribution in [-0.2, 0) is 14.3 Å². The quantitative estimate of drug-likeness (QED) is 0.595. The average Bonchev–Trinajstić information content (AvgIpc) is 2.15. The molecule has 0 bridgehead atoms. The second-order valence-electron chi connectivity index (χ2n) is 3.01. The SMILES string of the molecule is CCOC(=O)CSCC(N)CCC(=O)O. The van der Waals surface area contributed by atoms with Gasteiger partial charge in [-0.15, -0.1) is 11.8 Å². The molecule has 3 N–H and O–H groups in total. The Bertz CT molecular complexity index is 210. The number of aliphatic carboxylic acids is 1. The second kappa shape index (κ2) is 8.55. The Labute approximate surface area is 93.4 Å². The van der Waals surface area contributed by atoms with E-state index >= 15 is 0 Å². The van der Waals surface area contributed by atoms with Crippen LogP contribution in [0.2, 0.25) is 0 Å². The lowest BCUT2D eigenvalue weighted by molar-refractivity contribution is -0.140. The van der Waals surface area contributed by atoms with Gasteiger partial charge in [-0.05, 0) is 13.3 Å². The zero-order valence-corrected chi connectivity index (χ0v) is 9.59. The molecule has 15 heavy (non-hydrogen) atoms. The van der Waals surface area contributed by atoms with E-state index in [1.165, 1.54) is 11.8 Å². The number of carboxylic acid groups (broad SMARTS) is 1. The van der Waals surface area contributed by atoms with Crippen LogP contribution in [0.1, 0.15) is 19.8 Å². The first kappa shape index (κ1) is 14.2. The number of hydrogen-bond acceptors (Lipinski definition) is 5. The maximum atomic E-state index is 10.9. The van der Waals surface area contributed by atoms with E-state index in [1.54, 1.807) is 6.92 Å². The Kier molecular flexibility index (Phi) is 8.12. The van der Waals surface area contributed by atoms with Crippen LogP contribution in [0, 0.1) is 0 Å². The summed E-state index contributed by atoms with van der Waals surface area (Å²) in [4.78, 5) is 21.1. The maximum absolute atomic E-state index is 10.9. The van der Waals surface area contributed by atoms with Gasteiger partial charge in [-0.2, -0.15) is 0 Å². The van der Waals surface area contributed by atoms with E-state index in [4.69, 9.17) is 15.6 Å². The number of thioether (sulfide) groups is 1. The summed E-state index contributed by atoms with van der Waals surface area (Å²) in [6.45, 7) is 2.13. The first-order valence-electron chi connectivity index (χ1n) is 4.77. The fourth-order valence-electron chi connectivity index (χ4n) is 0.888. The fourth-order valence-corrected chi connectivity index (χ4v) is 1.73. The molecule has 0 aliphatic rings. The minimum atomic E-state index is -0.846. The van der Waals surface area contributed by atoms with E-state index in [1.807, 2.05) is 0 Å². The van der Waals surface area contributed by atoms with Gasteiger partial charge in [-0.1, -0.05) is 0 Å². The van der Waals surface area contributed by atoms with Crippen molar-refractivity contribution in [1.29, 1.82) is 0 Å². The van der Waals surface area contributed by atoms with Crippen molar-refractivity contribution >= 4 is 23.7 Å². The Hall–Kier alpha value is -0.750. The molecular formula is C9H17NO4S. The van der Waals surface area contributed by atoms with E-state index in [2.05, 4.69) is 0 Å². The third-order valence-electron chi connectivity index (χ3n) is 1.59. The van der Waals surface area contributed by atoms with Crippen molar-refractivity contribution in [3.8, 4) is 0 Å². The fraction of sp³-hybridized carbons (Fsp3) is 0.778. The van der Waals surface area contributed by atoms with Crippen molar-refractivity contribution < 1.29 is 19.4 Å². The van der Waals surface area contributed by atoms with Crippen molar-refractivity contribution in [2.75, 3.05) is 18.1 Å². The van der Waals surface area contributed by atoms with Crippen LogP contribution in [0.15, 0.2) is 0 Å². The topological polar surface area (TPSA) is 89.6 Å². The van der Waals surface area contributed by atoms with E-state index in [0.717, 1.165) is 0 Å². The lowest BCUT2D eigenvalue weighted by Gasteiger charge is -2.08. The molecule has 0 aromatic carbocycles. The molecule has 1 unspecified atom stereocenters. The van der Waals surface area contributed by atoms with Gasteiger partial charge in [0.2, 0.25) is 0 Å². The molecule has 0 aliphatic heterocycles. The molecule has 0 aliphatic carbocycles. The molecule has 0 saturated carbocycles. The summed E-state index contributed by atoms with van der Waals surface area (Å²) in [7, 11) is 0. The van der Waals surface area contributed by atoms with Gasteiger partial charge in [-0.3, -0.25) is 9.59 Å². The summed E-state index contributed by atoms with van der Waals surface area (Å²) in [5.41, 5.74) is 5.65. The number of carboxylic acids is 1. The number of nitrogens with two attached hydrogens (primary N) is 1. The third-order valence-corrected chi connectivity index (χ3v) is 2.69. The van der Waals surface area contributed by atoms with Crippen LogP contribution >= 0.6 is 11.8 Å². The number of esters is 1. The molecule has 0 spiro atoms. The van der Waals surface area contributed by atoms with Gasteiger partial charge in [0.15, 0.2) is 0 Å². The molecule has 0 aromatic rings. The monoisotopic (exact) mass is 235 g/mol. The number of carbonyl (C=O) groups is 2. The van der Waals surface area contributed by atoms with Gasteiger partial charge in [0.05, 0.1) is 12.4 Å². The largest absolute Gasteiger partial charge is 0.481 e. The number of ether oxygens (including phenoxy) is 1. The van der Waals surface area contributed by atoms with Crippen molar-refractivity contribution in [1.82, 2.24) is 0 Å². The lowest BCUT2D eigenvalue weighted by Crippen LogP contribution is -2.24. The summed E-state index contributed by atoms with van der Waals surface area (Å²) in [6.07, 6.45) is 0.506. The van der Waals surface area contributed by atoms with Gasteiger partial charge in [0.1, 0.15) is 0 Å². The zero-order chi connectivity index (χ0) is 11.7. The Balaban J connectivity index is 3.41. The van der Waals surface area contributed by atoms with Gasteiger partial charge < -0.3 is 15.6 Å². The maximum Gasteiger partial charge on any atom is 0.315 e. The van der Waals surface area contributed by atoms with Crippen LogP contribution in [0.4, 0.5) is 0 Å². The highest BCUT2D eigenvalue weighted by Crippen LogP contribution is 2.06. The molecule has 0 radical (unpaired) electrons. The number of carbonyl (C=O) groups excluding carboxylic acids is 1. The molecule has 0 rings (SSSR count). The second-order valence-corrected chi connectivity index (χ2v) is 4.04. The zero-order valence-electron chi connectivity index (χ0n) is 8.77. The molecule has 5 nitrogen and oxygen atoms in total. The van der Waals surface area contributed by atoms with Crippen molar-refractivity contribution in [3.63, 3.8) is 0 Å². The summed E-state index contributed by atoms with van der Waals surface area (Å²) >= 11 is 1.37. The van der Waals surface area contributed by atoms with Crippen LogP contribution in [0.3, 0.4) is 0 Å². The van der Waals surface area contributed by atoms with Gasteiger partial charge in [0.25, 0.3) is 0 Å². The van der Waals surface area contributed by atoms with Crippen LogP contribution in [0.25, 0.3) is 0 Å². The summed E-state index contributed by atoms with van der Waals surface area (Å²) in [5, 5.41) is 8.41. The standard InChI is InChI=1S/C9H17NO4S/c1-2-14-9(13)6-15-5-7(10)3-4-8(11)12/h7H,2-6,10H2,1H3,(H,11,12). The minimum absolute atomic E-state index is 0.0706. The average molecular weight is 235 g/mol. The highest BCUT2D eigenvalue weighted by Gasteiger charge is 2.08. The highest BCUT2D eigenvalue weighted by atomic mass is 32.2. The molecule has 0 amide bonds. The van der Waals surface area contributed by atoms with Gasteiger partial charge >= 0.3 is 11.9 Å². The summed E-state index contributed by atoms with van der Waals surface area (Å²) < 4.78 is 4.73. The Morgan fingerprint density at radius 2 is 2.20 bits per heavy atom. The predicted molar refractivity (Wildman–Crippen MR) is 58.8 cm³/mol. The van der Waals surface area contributed by atoms with Gasteiger partial charge in [0, 0.05) is 18.2 Å². The first-order chi connectivity index (χ1) is 7.06. The van der Waals surface area contributed by atoms with Crippen molar-refractivity contribution in [2.24, 2.45) is 5.73 Å². The van der Waals surface area contributed by atoms with Crippen LogP contribution < -0.4 is 5.73 Å². The Morgan fingerprint density at radius 1 is 1.53 bits per heavy atom. The Morgan fingerprint density at radius 3 is 2.73 bits per heavy atom. The van der Waals surface area contributed by atoms with Crippen LogP contribution in [-0.4, -0.2) is 41.2 Å². The van der Waals surface area contributed by atoms with Crippen molar-refractivity contribution in [3.05, 3.63) is 0 Å². The van der Waals surface area contributed by atoms with E-state index in [-0.39, 0.29) is 24.2 Å². The van der Waals surface area contributed by atoms with E-state index < -0.39 is 5.97 Å². The summed E-state index contributed by atoms with van der Waals surface area (Å²) in [5.74, 6) is -0.255. The predicted octanol–water partition coefficient (Wildman–Crippen LogP) is 0.475. The normalized spacial score (nSPS) is 12.1. The van der Waals surface area contributed by atoms with E-state index in [9.17, 15) is 9.59 Å². The molecule has 0 saturated heterocycles. The molecule has 0 fully saturated rings. The molecule has 1 atom stereocenters. The van der Waals surface area contributed by atoms with E-state index in [0.29, 0.717) is 18.8 Å². The molecule has 0 heterocycles. The molecule has 0 aromatic heterocycles. The van der Waals surface area contributed by atoms with Crippen LogP contribution in [0.5, 0.6) is 0 Å². The number of rotatable bonds is 8. The highest BCUT2D eigenvalue weighted by molar-refractivity contribution is 7.99. The first-order valence-corrected chi connectivity index (χ1v) is 5.92. The molecular weight excluding hydrogens is 218 g/mol. The molecule has 6 heteroatoms. The lowest BCUT2D eigenvalue weighted by atomic mass is 10.2. The third kappa shape index (κ3) is 9.55. The van der Waals surface area contributed by atoms with Crippen molar-refractivity contribution in [2.45, 2.75) is 25.8 Å². The number of hydrogen-bond donors (Lipinski definition) is 2. The summed E-state index contributed by atoms with van der Waals surface area (Å²) in [6, 6.07) is -0.180.